The van der Waals surface area contributed by atoms with Gasteiger partial charge in [0.15, 0.2) is 0 Å². The maximum Gasteiger partial charge on any atom is 0.137 e. The van der Waals surface area contributed by atoms with Crippen LogP contribution in [0.1, 0.15) is 0 Å². The van der Waals surface area contributed by atoms with Gasteiger partial charge in [-0.25, -0.2) is 0 Å². The summed E-state index contributed by atoms with van der Waals surface area (Å²) in [6.07, 6.45) is 0. The van der Waals surface area contributed by atoms with Crippen LogP contribution in [0.3, 0.4) is 0 Å². The zero-order valence-corrected chi connectivity index (χ0v) is 27.3. The molecule has 2 heteroatoms. The highest BCUT2D eigenvalue weighted by Crippen LogP contribution is 2.41. The minimum absolute atomic E-state index is 0.876. The van der Waals surface area contributed by atoms with Gasteiger partial charge in [-0.15, -0.1) is 0 Å². The molecule has 1 heterocycles. The molecular formula is C48H31NO. The summed E-state index contributed by atoms with van der Waals surface area (Å²) >= 11 is 0. The van der Waals surface area contributed by atoms with Crippen molar-refractivity contribution in [2.45, 2.75) is 0 Å². The van der Waals surface area contributed by atoms with Crippen molar-refractivity contribution in [2.24, 2.45) is 0 Å². The van der Waals surface area contributed by atoms with E-state index in [-0.39, 0.29) is 0 Å². The fraction of sp³-hybridized carbons (Fsp3) is 0. The molecule has 234 valence electrons. The number of anilines is 3. The Morgan fingerprint density at radius 3 is 1.70 bits per heavy atom. The Labute approximate surface area is 290 Å². The first-order chi connectivity index (χ1) is 24.8. The van der Waals surface area contributed by atoms with E-state index >= 15 is 0 Å². The molecule has 50 heavy (non-hydrogen) atoms. The minimum atomic E-state index is 0.876. The lowest BCUT2D eigenvalue weighted by Gasteiger charge is -2.26. The van der Waals surface area contributed by atoms with Gasteiger partial charge >= 0.3 is 0 Å². The van der Waals surface area contributed by atoms with Crippen LogP contribution in [0.2, 0.25) is 0 Å². The van der Waals surface area contributed by atoms with Gasteiger partial charge in [-0.1, -0.05) is 133 Å². The second-order valence-corrected chi connectivity index (χ2v) is 13.0. The molecule has 0 saturated heterocycles. The van der Waals surface area contributed by atoms with E-state index in [0.717, 1.165) is 39.0 Å². The number of hydrogen-bond donors (Lipinski definition) is 0. The zero-order valence-electron chi connectivity index (χ0n) is 27.3. The van der Waals surface area contributed by atoms with E-state index in [2.05, 4.69) is 181 Å². The first-order valence-corrected chi connectivity index (χ1v) is 17.1. The van der Waals surface area contributed by atoms with Crippen LogP contribution < -0.4 is 4.90 Å². The summed E-state index contributed by atoms with van der Waals surface area (Å²) in [5.41, 5.74) is 9.72. The van der Waals surface area contributed by atoms with Crippen molar-refractivity contribution in [3.05, 3.63) is 188 Å². The van der Waals surface area contributed by atoms with E-state index in [4.69, 9.17) is 4.42 Å². The summed E-state index contributed by atoms with van der Waals surface area (Å²) in [4.78, 5) is 2.32. The molecule has 0 saturated carbocycles. The van der Waals surface area contributed by atoms with Gasteiger partial charge in [-0.05, 0) is 103 Å². The molecule has 0 aliphatic heterocycles. The highest BCUT2D eigenvalue weighted by molar-refractivity contribution is 6.17. The number of nitrogens with zero attached hydrogens (tertiary/aromatic N) is 1. The Hall–Kier alpha value is -6.64. The summed E-state index contributed by atoms with van der Waals surface area (Å²) < 4.78 is 6.35. The topological polar surface area (TPSA) is 16.4 Å². The Morgan fingerprint density at radius 2 is 0.840 bits per heavy atom. The summed E-state index contributed by atoms with van der Waals surface area (Å²) in [5, 5.41) is 9.90. The number of benzene rings is 9. The molecule has 0 aliphatic rings. The molecule has 0 bridgehead atoms. The fourth-order valence-electron chi connectivity index (χ4n) is 7.56. The van der Waals surface area contributed by atoms with Gasteiger partial charge in [0.1, 0.15) is 11.2 Å². The number of hydrogen-bond acceptors (Lipinski definition) is 2. The van der Waals surface area contributed by atoms with Crippen LogP contribution in [0, 0.1) is 0 Å². The first kappa shape index (κ1) is 28.4. The van der Waals surface area contributed by atoms with Crippen LogP contribution in [0.5, 0.6) is 0 Å². The molecule has 0 atom stereocenters. The molecule has 9 aromatic carbocycles. The molecule has 2 nitrogen and oxygen atoms in total. The smallest absolute Gasteiger partial charge is 0.137 e. The quantitative estimate of drug-likeness (QED) is 0.175. The number of furan rings is 1. The largest absolute Gasteiger partial charge is 0.456 e. The standard InChI is InChI=1S/C48H31NO/c1-2-9-32(10-3-1)36-12-8-13-39(29-36)49(40-25-28-45-44-15-6-7-16-47(44)50-48(45)31-40)38-23-19-33(20-24-38)37-18-17-35-22-26-42-41-14-5-4-11-34(41)21-27-43(42)46(35)30-37/h1-31H. The van der Waals surface area contributed by atoms with Gasteiger partial charge in [0.25, 0.3) is 0 Å². The van der Waals surface area contributed by atoms with Gasteiger partial charge in [-0.2, -0.15) is 0 Å². The summed E-state index contributed by atoms with van der Waals surface area (Å²) in [6, 6.07) is 67.5. The zero-order chi connectivity index (χ0) is 33.0. The number of para-hydroxylation sites is 1. The van der Waals surface area contributed by atoms with Crippen molar-refractivity contribution in [3.8, 4) is 22.3 Å². The van der Waals surface area contributed by atoms with Crippen molar-refractivity contribution >= 4 is 71.3 Å². The van der Waals surface area contributed by atoms with Crippen LogP contribution >= 0.6 is 0 Å². The van der Waals surface area contributed by atoms with E-state index in [1.165, 1.54) is 54.6 Å². The lowest BCUT2D eigenvalue weighted by molar-refractivity contribution is 0.669. The predicted octanol–water partition coefficient (Wildman–Crippen LogP) is 13.8. The van der Waals surface area contributed by atoms with E-state index < -0.39 is 0 Å². The minimum Gasteiger partial charge on any atom is -0.456 e. The Morgan fingerprint density at radius 1 is 0.280 bits per heavy atom. The van der Waals surface area contributed by atoms with Gasteiger partial charge in [0.05, 0.1) is 0 Å². The molecule has 10 aromatic rings. The normalized spacial score (nSPS) is 11.6. The summed E-state index contributed by atoms with van der Waals surface area (Å²) in [7, 11) is 0. The fourth-order valence-corrected chi connectivity index (χ4v) is 7.56. The summed E-state index contributed by atoms with van der Waals surface area (Å²) in [6.45, 7) is 0. The van der Waals surface area contributed by atoms with Crippen LogP contribution in [0.15, 0.2) is 192 Å². The van der Waals surface area contributed by atoms with E-state index in [9.17, 15) is 0 Å². The van der Waals surface area contributed by atoms with E-state index in [1.54, 1.807) is 0 Å². The third kappa shape index (κ3) is 4.73. The van der Waals surface area contributed by atoms with Crippen LogP contribution in [0.25, 0.3) is 76.5 Å². The Kier molecular flexibility index (Phi) is 6.53. The molecule has 0 spiro atoms. The molecular weight excluding hydrogens is 607 g/mol. The van der Waals surface area contributed by atoms with E-state index in [0.29, 0.717) is 0 Å². The highest BCUT2D eigenvalue weighted by Gasteiger charge is 2.17. The second-order valence-electron chi connectivity index (χ2n) is 13.0. The first-order valence-electron chi connectivity index (χ1n) is 17.1. The third-order valence-electron chi connectivity index (χ3n) is 10.0. The molecule has 0 aliphatic carbocycles. The Balaban J connectivity index is 1.09. The van der Waals surface area contributed by atoms with Gasteiger partial charge in [0, 0.05) is 33.9 Å². The maximum absolute atomic E-state index is 6.35. The second kappa shape index (κ2) is 11.5. The van der Waals surface area contributed by atoms with Crippen molar-refractivity contribution in [3.63, 3.8) is 0 Å². The highest BCUT2D eigenvalue weighted by atomic mass is 16.3. The molecule has 0 unspecified atom stereocenters. The SMILES string of the molecule is c1ccc(-c2cccc(N(c3ccc(-c4ccc5ccc6c7ccccc7ccc6c5c4)cc3)c3ccc4c(c3)oc3ccccc34)c2)cc1. The monoisotopic (exact) mass is 637 g/mol. The van der Waals surface area contributed by atoms with E-state index in [1.807, 2.05) is 12.1 Å². The average molecular weight is 638 g/mol. The number of rotatable bonds is 5. The molecule has 0 N–H and O–H groups in total. The molecule has 10 rings (SSSR count). The molecule has 0 fully saturated rings. The van der Waals surface area contributed by atoms with Gasteiger partial charge < -0.3 is 9.32 Å². The van der Waals surface area contributed by atoms with Gasteiger partial charge in [0.2, 0.25) is 0 Å². The van der Waals surface area contributed by atoms with Crippen LogP contribution in [-0.4, -0.2) is 0 Å². The van der Waals surface area contributed by atoms with Gasteiger partial charge in [-0.3, -0.25) is 0 Å². The summed E-state index contributed by atoms with van der Waals surface area (Å²) in [5.74, 6) is 0. The van der Waals surface area contributed by atoms with Crippen molar-refractivity contribution in [2.75, 3.05) is 4.90 Å². The van der Waals surface area contributed by atoms with Crippen molar-refractivity contribution in [1.82, 2.24) is 0 Å². The lowest BCUT2D eigenvalue weighted by Crippen LogP contribution is -2.10. The van der Waals surface area contributed by atoms with Crippen LogP contribution in [-0.2, 0) is 0 Å². The third-order valence-corrected chi connectivity index (χ3v) is 10.0. The maximum atomic E-state index is 6.35. The Bertz CT molecular complexity index is 2870. The number of fused-ring (bicyclic) bond motifs is 8. The molecule has 1 aromatic heterocycles. The lowest BCUT2D eigenvalue weighted by atomic mass is 9.94. The van der Waals surface area contributed by atoms with Crippen LogP contribution in [0.4, 0.5) is 17.1 Å². The van der Waals surface area contributed by atoms with Crippen molar-refractivity contribution < 1.29 is 4.42 Å². The molecule has 0 amide bonds. The molecule has 0 radical (unpaired) electrons. The predicted molar refractivity (Wildman–Crippen MR) is 212 cm³/mol. The average Bonchev–Trinajstić information content (AvgIpc) is 3.56. The van der Waals surface area contributed by atoms with Crippen molar-refractivity contribution in [1.29, 1.82) is 0 Å².